The Kier molecular flexibility index (Phi) is 6.09. The average molecular weight is 346 g/mol. The van der Waals surface area contributed by atoms with Crippen LogP contribution in [0.5, 0.6) is 0 Å². The Morgan fingerprint density at radius 3 is 2.36 bits per heavy atom. The molecule has 0 N–H and O–H groups in total. The maximum atomic E-state index is 13.0. The van der Waals surface area contributed by atoms with Gasteiger partial charge in [0, 0.05) is 31.7 Å². The first-order valence-electron chi connectivity index (χ1n) is 9.06. The summed E-state index contributed by atoms with van der Waals surface area (Å²) in [6, 6.07) is 6.14. The number of nitrogens with zero attached hydrogens (tertiary/aromatic N) is 2. The number of aryl methyl sites for hydroxylation is 1. The van der Waals surface area contributed by atoms with Gasteiger partial charge in [0.05, 0.1) is 6.61 Å². The fraction of sp³-hybridized carbons (Fsp3) is 0.600. The Morgan fingerprint density at radius 2 is 1.72 bits per heavy atom. The molecule has 1 heterocycles. The largest absolute Gasteiger partial charge is 0.450 e. The fourth-order valence-corrected chi connectivity index (χ4v) is 3.01. The van der Waals surface area contributed by atoms with E-state index in [0.29, 0.717) is 32.8 Å². The van der Waals surface area contributed by atoms with Crippen molar-refractivity contribution in [3.05, 3.63) is 34.9 Å². The van der Waals surface area contributed by atoms with E-state index in [9.17, 15) is 9.59 Å². The summed E-state index contributed by atoms with van der Waals surface area (Å²) in [6.07, 6.45) is 0.477. The van der Waals surface area contributed by atoms with E-state index in [1.165, 1.54) is 0 Å². The third-order valence-corrected chi connectivity index (χ3v) is 4.64. The summed E-state index contributed by atoms with van der Waals surface area (Å²) in [6.45, 7) is 12.9. The minimum atomic E-state index is -0.289. The van der Waals surface area contributed by atoms with E-state index in [0.717, 1.165) is 23.1 Å². The lowest BCUT2D eigenvalue weighted by molar-refractivity contribution is 0.0752. The highest BCUT2D eigenvalue weighted by atomic mass is 16.6. The average Bonchev–Trinajstić information content (AvgIpc) is 2.80. The van der Waals surface area contributed by atoms with Crippen LogP contribution in [0.3, 0.4) is 0 Å². The number of carbonyl (C=O) groups is 2. The summed E-state index contributed by atoms with van der Waals surface area (Å²) in [5.74, 6) is 0.0503. The highest BCUT2D eigenvalue weighted by Crippen LogP contribution is 2.25. The van der Waals surface area contributed by atoms with Crippen molar-refractivity contribution in [1.82, 2.24) is 9.80 Å². The molecule has 0 radical (unpaired) electrons. The van der Waals surface area contributed by atoms with E-state index in [2.05, 4.69) is 26.8 Å². The summed E-state index contributed by atoms with van der Waals surface area (Å²) in [7, 11) is 0. The lowest BCUT2D eigenvalue weighted by Gasteiger charge is -2.24. The second-order valence-corrected chi connectivity index (χ2v) is 7.61. The smallest absolute Gasteiger partial charge is 0.409 e. The van der Waals surface area contributed by atoms with Gasteiger partial charge in [-0.25, -0.2) is 4.79 Å². The van der Waals surface area contributed by atoms with E-state index >= 15 is 0 Å². The molecule has 0 saturated carbocycles. The molecular weight excluding hydrogens is 316 g/mol. The van der Waals surface area contributed by atoms with Crippen LogP contribution in [-0.4, -0.2) is 54.6 Å². The molecule has 1 aromatic rings. The summed E-state index contributed by atoms with van der Waals surface area (Å²) in [5, 5.41) is 0. The molecule has 0 unspecified atom stereocenters. The van der Waals surface area contributed by atoms with Gasteiger partial charge in [0.25, 0.3) is 5.91 Å². The first kappa shape index (κ1) is 19.3. The number of benzene rings is 1. The Morgan fingerprint density at radius 1 is 1.08 bits per heavy atom. The van der Waals surface area contributed by atoms with Crippen molar-refractivity contribution in [2.24, 2.45) is 0 Å². The monoisotopic (exact) mass is 346 g/mol. The zero-order chi connectivity index (χ0) is 18.6. The maximum absolute atomic E-state index is 13.0. The topological polar surface area (TPSA) is 49.9 Å². The normalized spacial score (nSPS) is 15.7. The number of amides is 2. The highest BCUT2D eigenvalue weighted by molar-refractivity contribution is 5.96. The number of hydrogen-bond donors (Lipinski definition) is 0. The van der Waals surface area contributed by atoms with Gasteiger partial charge >= 0.3 is 6.09 Å². The van der Waals surface area contributed by atoms with E-state index in [4.69, 9.17) is 4.74 Å². The lowest BCUT2D eigenvalue weighted by Crippen LogP contribution is -2.37. The standard InChI is InChI=1S/C20H30N2O3/c1-6-25-19(24)22-11-7-10-21(12-13-22)18(23)17-14-16(20(3,4)5)9-8-15(17)2/h8-9,14H,6-7,10-13H2,1-5H3. The zero-order valence-electron chi connectivity index (χ0n) is 16.1. The van der Waals surface area contributed by atoms with Crippen molar-refractivity contribution >= 4 is 12.0 Å². The van der Waals surface area contributed by atoms with Crippen LogP contribution in [0, 0.1) is 6.92 Å². The van der Waals surface area contributed by atoms with E-state index in [1.54, 1.807) is 11.8 Å². The predicted octanol–water partition coefficient (Wildman–Crippen LogP) is 3.60. The van der Waals surface area contributed by atoms with Crippen molar-refractivity contribution in [3.8, 4) is 0 Å². The molecular formula is C20H30N2O3. The molecule has 0 aliphatic carbocycles. The molecule has 1 aliphatic heterocycles. The minimum Gasteiger partial charge on any atom is -0.450 e. The van der Waals surface area contributed by atoms with Crippen molar-refractivity contribution in [1.29, 1.82) is 0 Å². The third-order valence-electron chi connectivity index (χ3n) is 4.64. The van der Waals surface area contributed by atoms with Gasteiger partial charge in [-0.15, -0.1) is 0 Å². The molecule has 138 valence electrons. The third kappa shape index (κ3) is 4.74. The second kappa shape index (κ2) is 7.89. The second-order valence-electron chi connectivity index (χ2n) is 7.61. The zero-order valence-corrected chi connectivity index (χ0v) is 16.1. The quantitative estimate of drug-likeness (QED) is 0.822. The minimum absolute atomic E-state index is 0.00221. The van der Waals surface area contributed by atoms with Crippen LogP contribution in [-0.2, 0) is 10.2 Å². The van der Waals surface area contributed by atoms with Gasteiger partial charge in [-0.3, -0.25) is 4.79 Å². The van der Waals surface area contributed by atoms with Crippen molar-refractivity contribution < 1.29 is 14.3 Å². The summed E-state index contributed by atoms with van der Waals surface area (Å²) in [5.41, 5.74) is 2.91. The van der Waals surface area contributed by atoms with Crippen molar-refractivity contribution in [2.75, 3.05) is 32.8 Å². The van der Waals surface area contributed by atoms with Gasteiger partial charge < -0.3 is 14.5 Å². The van der Waals surface area contributed by atoms with Crippen LogP contribution < -0.4 is 0 Å². The molecule has 2 amide bonds. The molecule has 1 aliphatic rings. The van der Waals surface area contributed by atoms with Crippen LogP contribution in [0.15, 0.2) is 18.2 Å². The van der Waals surface area contributed by atoms with Gasteiger partial charge in [0.15, 0.2) is 0 Å². The molecule has 1 saturated heterocycles. The lowest BCUT2D eigenvalue weighted by atomic mass is 9.85. The van der Waals surface area contributed by atoms with Crippen LogP contribution in [0.25, 0.3) is 0 Å². The molecule has 0 spiro atoms. The number of hydrogen-bond acceptors (Lipinski definition) is 3. The van der Waals surface area contributed by atoms with Crippen LogP contribution >= 0.6 is 0 Å². The Labute approximate surface area is 150 Å². The van der Waals surface area contributed by atoms with Gasteiger partial charge in [-0.05, 0) is 42.9 Å². The maximum Gasteiger partial charge on any atom is 0.409 e. The van der Waals surface area contributed by atoms with Crippen LogP contribution in [0.1, 0.15) is 55.6 Å². The highest BCUT2D eigenvalue weighted by Gasteiger charge is 2.25. The molecule has 0 atom stereocenters. The summed E-state index contributed by atoms with van der Waals surface area (Å²) in [4.78, 5) is 28.5. The van der Waals surface area contributed by atoms with E-state index in [-0.39, 0.29) is 17.4 Å². The Balaban J connectivity index is 2.14. The van der Waals surface area contributed by atoms with E-state index < -0.39 is 0 Å². The summed E-state index contributed by atoms with van der Waals surface area (Å²) < 4.78 is 5.07. The predicted molar refractivity (Wildman–Crippen MR) is 99.0 cm³/mol. The Bertz CT molecular complexity index is 634. The van der Waals surface area contributed by atoms with Crippen LogP contribution in [0.4, 0.5) is 4.79 Å². The molecule has 25 heavy (non-hydrogen) atoms. The van der Waals surface area contributed by atoms with Crippen molar-refractivity contribution in [2.45, 2.75) is 46.5 Å². The molecule has 1 fully saturated rings. The Hall–Kier alpha value is -2.04. The number of rotatable bonds is 2. The molecule has 0 bridgehead atoms. The first-order chi connectivity index (χ1) is 11.7. The summed E-state index contributed by atoms with van der Waals surface area (Å²) >= 11 is 0. The number of ether oxygens (including phenoxy) is 1. The van der Waals surface area contributed by atoms with E-state index in [1.807, 2.05) is 24.0 Å². The van der Waals surface area contributed by atoms with Crippen molar-refractivity contribution in [3.63, 3.8) is 0 Å². The SMILES string of the molecule is CCOC(=O)N1CCCN(C(=O)c2cc(C(C)(C)C)ccc2C)CC1. The molecule has 1 aromatic carbocycles. The first-order valence-corrected chi connectivity index (χ1v) is 9.06. The molecule has 0 aromatic heterocycles. The van der Waals surface area contributed by atoms with Gasteiger partial charge in [-0.2, -0.15) is 0 Å². The molecule has 5 nitrogen and oxygen atoms in total. The molecule has 2 rings (SSSR count). The number of carbonyl (C=O) groups excluding carboxylic acids is 2. The van der Waals surface area contributed by atoms with Gasteiger partial charge in [0.2, 0.25) is 0 Å². The van der Waals surface area contributed by atoms with Crippen LogP contribution in [0.2, 0.25) is 0 Å². The van der Waals surface area contributed by atoms with Gasteiger partial charge in [0.1, 0.15) is 0 Å². The molecule has 5 heteroatoms. The van der Waals surface area contributed by atoms with Gasteiger partial charge in [-0.1, -0.05) is 32.9 Å². The fourth-order valence-electron chi connectivity index (χ4n) is 3.01.